The first kappa shape index (κ1) is 21.8. The molecular weight excluding hydrogens is 340 g/mol. The van der Waals surface area contributed by atoms with E-state index in [1.165, 1.54) is 0 Å². The number of hydrogen-bond donors (Lipinski definition) is 2. The van der Waals surface area contributed by atoms with E-state index in [1.54, 1.807) is 20.8 Å². The van der Waals surface area contributed by atoms with E-state index in [2.05, 4.69) is 44.5 Å². The van der Waals surface area contributed by atoms with E-state index in [4.69, 9.17) is 13.9 Å². The molecule has 2 amide bonds. The average Bonchev–Trinajstić information content (AvgIpc) is 2.56. The van der Waals surface area contributed by atoms with Crippen molar-refractivity contribution in [1.29, 1.82) is 0 Å². The highest BCUT2D eigenvalue weighted by molar-refractivity contribution is 6.74. The first-order valence-electron chi connectivity index (χ1n) is 8.75. The zero-order chi connectivity index (χ0) is 19.5. The lowest BCUT2D eigenvalue weighted by molar-refractivity contribution is 0.0440. The van der Waals surface area contributed by atoms with Gasteiger partial charge < -0.3 is 24.5 Å². The van der Waals surface area contributed by atoms with Gasteiger partial charge in [-0.3, -0.25) is 0 Å². The van der Waals surface area contributed by atoms with E-state index in [9.17, 15) is 9.59 Å². The minimum Gasteiger partial charge on any atom is -0.447 e. The first-order valence-corrected chi connectivity index (χ1v) is 11.7. The average molecular weight is 375 g/mol. The van der Waals surface area contributed by atoms with Crippen molar-refractivity contribution in [3.8, 4) is 0 Å². The van der Waals surface area contributed by atoms with Gasteiger partial charge in [0.05, 0.1) is 6.04 Å². The Kier molecular flexibility index (Phi) is 6.92. The summed E-state index contributed by atoms with van der Waals surface area (Å²) in [6.07, 6.45) is -1.00. The largest absolute Gasteiger partial charge is 0.447 e. The van der Waals surface area contributed by atoms with Crippen molar-refractivity contribution in [2.24, 2.45) is 5.92 Å². The Morgan fingerprint density at radius 3 is 2.40 bits per heavy atom. The summed E-state index contributed by atoms with van der Waals surface area (Å²) < 4.78 is 16.7. The van der Waals surface area contributed by atoms with E-state index in [-0.39, 0.29) is 23.6 Å². The molecule has 1 rings (SSSR count). The summed E-state index contributed by atoms with van der Waals surface area (Å²) in [5, 5.41) is 5.61. The van der Waals surface area contributed by atoms with Crippen LogP contribution >= 0.6 is 0 Å². The summed E-state index contributed by atoms with van der Waals surface area (Å²) in [6.45, 7) is 17.2. The molecule has 0 aromatic heterocycles. The maximum atomic E-state index is 12.1. The standard InChI is InChI=1S/C17H34N2O5Si/c1-16(2,3)24-15(21)19-13-11-22-14(20)18-9-12(13)10-23-25(7,8)17(4,5)6/h12-13H,9-11H2,1-8H3,(H,18,20)(H,19,21)/t12-,13+/m0/s1. The molecule has 0 aromatic rings. The van der Waals surface area contributed by atoms with Gasteiger partial charge in [-0.05, 0) is 38.9 Å². The van der Waals surface area contributed by atoms with Crippen LogP contribution in [0.1, 0.15) is 41.5 Å². The van der Waals surface area contributed by atoms with Crippen LogP contribution in [-0.2, 0) is 13.9 Å². The third-order valence-electron chi connectivity index (χ3n) is 4.64. The normalized spacial score (nSPS) is 22.5. The Hall–Kier alpha value is -1.28. The second-order valence-electron chi connectivity index (χ2n) is 9.06. The smallest absolute Gasteiger partial charge is 0.408 e. The molecule has 146 valence electrons. The van der Waals surface area contributed by atoms with Gasteiger partial charge in [0.25, 0.3) is 0 Å². The molecule has 2 N–H and O–H groups in total. The minimum absolute atomic E-state index is 0.0889. The van der Waals surface area contributed by atoms with Gasteiger partial charge in [0.15, 0.2) is 8.32 Å². The molecule has 1 fully saturated rings. The number of carbonyl (C=O) groups excluding carboxylic acids is 2. The minimum atomic E-state index is -1.93. The quantitative estimate of drug-likeness (QED) is 0.738. The molecule has 1 heterocycles. The van der Waals surface area contributed by atoms with Gasteiger partial charge in [0.1, 0.15) is 12.2 Å². The van der Waals surface area contributed by atoms with Crippen molar-refractivity contribution < 1.29 is 23.5 Å². The third kappa shape index (κ3) is 7.23. The molecule has 8 heteroatoms. The van der Waals surface area contributed by atoms with Crippen LogP contribution < -0.4 is 10.6 Å². The second-order valence-corrected chi connectivity index (χ2v) is 13.9. The SMILES string of the molecule is CC(C)(C)OC(=O)N[C@@H]1COC(=O)NC[C@H]1CO[Si](C)(C)C(C)(C)C. The molecule has 0 unspecified atom stereocenters. The molecule has 0 aliphatic carbocycles. The summed E-state index contributed by atoms with van der Waals surface area (Å²) >= 11 is 0. The van der Waals surface area contributed by atoms with Crippen LogP contribution in [-0.4, -0.2) is 51.9 Å². The number of amides is 2. The molecule has 1 aliphatic heterocycles. The highest BCUT2D eigenvalue weighted by Gasteiger charge is 2.39. The van der Waals surface area contributed by atoms with Crippen LogP contribution in [0.5, 0.6) is 0 Å². The Balaban J connectivity index is 2.77. The Morgan fingerprint density at radius 2 is 1.88 bits per heavy atom. The summed E-state index contributed by atoms with van der Waals surface area (Å²) in [5.41, 5.74) is -0.586. The topological polar surface area (TPSA) is 85.9 Å². The van der Waals surface area contributed by atoms with Crippen molar-refractivity contribution in [3.05, 3.63) is 0 Å². The summed E-state index contributed by atoms with van der Waals surface area (Å²) in [6, 6.07) is -0.362. The molecule has 25 heavy (non-hydrogen) atoms. The Bertz CT molecular complexity index is 482. The lowest BCUT2D eigenvalue weighted by atomic mass is 10.0. The van der Waals surface area contributed by atoms with Gasteiger partial charge >= 0.3 is 12.2 Å². The van der Waals surface area contributed by atoms with Crippen molar-refractivity contribution in [2.75, 3.05) is 19.8 Å². The molecule has 0 spiro atoms. The lowest BCUT2D eigenvalue weighted by Gasteiger charge is -2.38. The summed E-state index contributed by atoms with van der Waals surface area (Å²) in [5.74, 6) is -0.0897. The number of nitrogens with one attached hydrogen (secondary N) is 2. The van der Waals surface area contributed by atoms with Crippen molar-refractivity contribution in [2.45, 2.75) is 71.3 Å². The molecule has 0 radical (unpaired) electrons. The highest BCUT2D eigenvalue weighted by Crippen LogP contribution is 2.36. The molecule has 1 saturated heterocycles. The van der Waals surface area contributed by atoms with Crippen LogP contribution in [0.25, 0.3) is 0 Å². The van der Waals surface area contributed by atoms with Crippen molar-refractivity contribution in [3.63, 3.8) is 0 Å². The third-order valence-corrected chi connectivity index (χ3v) is 9.14. The van der Waals surface area contributed by atoms with Gasteiger partial charge in [-0.1, -0.05) is 20.8 Å². The Morgan fingerprint density at radius 1 is 1.28 bits per heavy atom. The number of rotatable bonds is 4. The fourth-order valence-electron chi connectivity index (χ4n) is 2.03. The summed E-state index contributed by atoms with van der Waals surface area (Å²) in [4.78, 5) is 23.6. The maximum Gasteiger partial charge on any atom is 0.408 e. The van der Waals surface area contributed by atoms with E-state index < -0.39 is 26.1 Å². The molecule has 7 nitrogen and oxygen atoms in total. The van der Waals surface area contributed by atoms with Gasteiger partial charge in [0, 0.05) is 19.1 Å². The number of hydrogen-bond acceptors (Lipinski definition) is 5. The van der Waals surface area contributed by atoms with Crippen molar-refractivity contribution >= 4 is 20.5 Å². The highest BCUT2D eigenvalue weighted by atomic mass is 28.4. The van der Waals surface area contributed by atoms with E-state index in [1.807, 2.05) is 0 Å². The molecule has 0 aromatic carbocycles. The van der Waals surface area contributed by atoms with Crippen LogP contribution in [0.3, 0.4) is 0 Å². The monoisotopic (exact) mass is 374 g/mol. The zero-order valence-corrected chi connectivity index (χ0v) is 17.8. The number of ether oxygens (including phenoxy) is 2. The van der Waals surface area contributed by atoms with Crippen LogP contribution in [0.15, 0.2) is 0 Å². The molecular formula is C17H34N2O5Si. The van der Waals surface area contributed by atoms with Crippen LogP contribution in [0.2, 0.25) is 18.1 Å². The number of cyclic esters (lactones) is 1. The first-order chi connectivity index (χ1) is 11.2. The fraction of sp³-hybridized carbons (Fsp3) is 0.882. The summed E-state index contributed by atoms with van der Waals surface area (Å²) in [7, 11) is -1.93. The number of alkyl carbamates (subject to hydrolysis) is 2. The van der Waals surface area contributed by atoms with E-state index >= 15 is 0 Å². The van der Waals surface area contributed by atoms with E-state index in [0.717, 1.165) is 0 Å². The second kappa shape index (κ2) is 7.95. The predicted octanol–water partition coefficient (Wildman–Crippen LogP) is 3.26. The predicted molar refractivity (Wildman–Crippen MR) is 99.1 cm³/mol. The van der Waals surface area contributed by atoms with Crippen molar-refractivity contribution in [1.82, 2.24) is 10.6 Å². The Labute approximate surface area is 152 Å². The molecule has 1 aliphatic rings. The van der Waals surface area contributed by atoms with Gasteiger partial charge in [0.2, 0.25) is 0 Å². The maximum absolute atomic E-state index is 12.1. The number of carbonyl (C=O) groups is 2. The fourth-order valence-corrected chi connectivity index (χ4v) is 3.10. The zero-order valence-electron chi connectivity index (χ0n) is 16.8. The van der Waals surface area contributed by atoms with Gasteiger partial charge in [-0.15, -0.1) is 0 Å². The van der Waals surface area contributed by atoms with Crippen LogP contribution in [0.4, 0.5) is 9.59 Å². The van der Waals surface area contributed by atoms with Crippen LogP contribution in [0, 0.1) is 5.92 Å². The molecule has 2 atom stereocenters. The molecule has 0 saturated carbocycles. The lowest BCUT2D eigenvalue weighted by Crippen LogP contribution is -2.50. The molecule has 0 bridgehead atoms. The van der Waals surface area contributed by atoms with Gasteiger partial charge in [-0.2, -0.15) is 0 Å². The van der Waals surface area contributed by atoms with E-state index in [0.29, 0.717) is 13.2 Å². The van der Waals surface area contributed by atoms with Gasteiger partial charge in [-0.25, -0.2) is 9.59 Å².